The molecule has 7 atom stereocenters. The fourth-order valence-electron chi connectivity index (χ4n) is 6.79. The minimum Gasteiger partial charge on any atom is -0.393 e. The Kier molecular flexibility index (Phi) is 7.92. The molecule has 0 bridgehead atoms. The Morgan fingerprint density at radius 1 is 1.21 bits per heavy atom. The average Bonchev–Trinajstić information content (AvgIpc) is 3.06. The summed E-state index contributed by atoms with van der Waals surface area (Å²) in [6.45, 7) is 9.39. The van der Waals surface area contributed by atoms with E-state index in [-0.39, 0.29) is 11.8 Å². The van der Waals surface area contributed by atoms with Crippen LogP contribution in [0, 0.1) is 23.2 Å². The molecule has 0 radical (unpaired) electrons. The SMILES string of the molecule is C=C1/C(=C/C=C2\CCC[C@]3(C)[C@@H]([C@H](C)CCC[C@](C)(O)C(F)(F)F)CC[C@@H]23)C[C@@H](O)C[C@@H]1O. The molecule has 3 aliphatic rings. The number of aliphatic hydroxyl groups excluding tert-OH is 2. The summed E-state index contributed by atoms with van der Waals surface area (Å²) in [5.41, 5.74) is 0.544. The van der Waals surface area contributed by atoms with Gasteiger partial charge in [0.15, 0.2) is 5.60 Å². The zero-order chi connectivity index (χ0) is 24.6. The van der Waals surface area contributed by atoms with Crippen LogP contribution in [0.25, 0.3) is 0 Å². The summed E-state index contributed by atoms with van der Waals surface area (Å²) in [5, 5.41) is 29.9. The molecule has 188 valence electrons. The van der Waals surface area contributed by atoms with E-state index in [1.807, 2.05) is 6.08 Å². The lowest BCUT2D eigenvalue weighted by Gasteiger charge is -2.44. The van der Waals surface area contributed by atoms with Crippen LogP contribution in [-0.4, -0.2) is 39.3 Å². The van der Waals surface area contributed by atoms with E-state index in [0.29, 0.717) is 49.0 Å². The molecular formula is C27H41F3O3. The van der Waals surface area contributed by atoms with Crippen molar-refractivity contribution in [3.63, 3.8) is 0 Å². The molecule has 3 fully saturated rings. The van der Waals surface area contributed by atoms with Gasteiger partial charge in [0.1, 0.15) is 0 Å². The Labute approximate surface area is 196 Å². The number of aliphatic hydroxyl groups is 3. The van der Waals surface area contributed by atoms with Crippen LogP contribution in [0.3, 0.4) is 0 Å². The van der Waals surface area contributed by atoms with Gasteiger partial charge >= 0.3 is 6.18 Å². The first-order chi connectivity index (χ1) is 15.3. The highest BCUT2D eigenvalue weighted by molar-refractivity contribution is 5.38. The minimum atomic E-state index is -4.59. The Morgan fingerprint density at radius 3 is 2.58 bits per heavy atom. The summed E-state index contributed by atoms with van der Waals surface area (Å²) in [5.74, 6) is 1.23. The lowest BCUT2D eigenvalue weighted by molar-refractivity contribution is -0.255. The van der Waals surface area contributed by atoms with Gasteiger partial charge in [0, 0.05) is 6.42 Å². The largest absolute Gasteiger partial charge is 0.416 e. The van der Waals surface area contributed by atoms with Crippen LogP contribution in [0.4, 0.5) is 13.2 Å². The molecule has 0 aromatic heterocycles. The van der Waals surface area contributed by atoms with Gasteiger partial charge in [-0.15, -0.1) is 0 Å². The van der Waals surface area contributed by atoms with Crippen molar-refractivity contribution >= 4 is 0 Å². The van der Waals surface area contributed by atoms with Gasteiger partial charge in [0.05, 0.1) is 12.2 Å². The molecular weight excluding hydrogens is 429 g/mol. The Hall–Kier alpha value is -1.11. The van der Waals surface area contributed by atoms with Crippen LogP contribution in [-0.2, 0) is 0 Å². The number of halogens is 3. The predicted molar refractivity (Wildman–Crippen MR) is 124 cm³/mol. The van der Waals surface area contributed by atoms with E-state index in [2.05, 4.69) is 26.5 Å². The minimum absolute atomic E-state index is 0.136. The molecule has 3 N–H and O–H groups in total. The van der Waals surface area contributed by atoms with E-state index in [1.54, 1.807) is 0 Å². The summed E-state index contributed by atoms with van der Waals surface area (Å²) < 4.78 is 38.9. The smallest absolute Gasteiger partial charge is 0.393 e. The van der Waals surface area contributed by atoms with Crippen LogP contribution in [0.2, 0.25) is 0 Å². The zero-order valence-corrected chi connectivity index (χ0v) is 20.3. The zero-order valence-electron chi connectivity index (χ0n) is 20.3. The van der Waals surface area contributed by atoms with E-state index in [9.17, 15) is 28.5 Å². The number of fused-ring (bicyclic) bond motifs is 1. The third kappa shape index (κ3) is 5.59. The summed E-state index contributed by atoms with van der Waals surface area (Å²) in [6, 6.07) is 0. The summed E-state index contributed by atoms with van der Waals surface area (Å²) in [4.78, 5) is 0. The van der Waals surface area contributed by atoms with Crippen LogP contribution in [0.1, 0.15) is 85.0 Å². The van der Waals surface area contributed by atoms with Gasteiger partial charge in [-0.1, -0.05) is 44.6 Å². The van der Waals surface area contributed by atoms with Gasteiger partial charge in [-0.25, -0.2) is 0 Å². The van der Waals surface area contributed by atoms with Gasteiger partial charge in [-0.05, 0) is 92.6 Å². The standard InChI is InChI=1S/C27H41F3O3/c1-17(7-5-14-26(4,33)27(28,29)30)22-11-12-23-19(8-6-13-25(22,23)3)9-10-20-15-21(31)16-24(32)18(20)2/h9-10,17,21-24,31-33H,2,5-8,11-16H2,1,3-4H3/b19-9+,20-10+/t17-,21-,22-,23+,24+,25-,26+/m1/s1. The molecule has 6 heteroatoms. The van der Waals surface area contributed by atoms with Crippen molar-refractivity contribution < 1.29 is 28.5 Å². The molecule has 0 unspecified atom stereocenters. The number of allylic oxidation sites excluding steroid dienone is 3. The maximum Gasteiger partial charge on any atom is 0.416 e. The van der Waals surface area contributed by atoms with E-state index >= 15 is 0 Å². The van der Waals surface area contributed by atoms with Gasteiger partial charge in [0.2, 0.25) is 0 Å². The monoisotopic (exact) mass is 470 g/mol. The fraction of sp³-hybridized carbons (Fsp3) is 0.778. The highest BCUT2D eigenvalue weighted by atomic mass is 19.4. The first-order valence-corrected chi connectivity index (χ1v) is 12.5. The molecule has 3 rings (SSSR count). The van der Waals surface area contributed by atoms with Crippen molar-refractivity contribution in [1.82, 2.24) is 0 Å². The van der Waals surface area contributed by atoms with E-state index in [1.165, 1.54) is 5.57 Å². The predicted octanol–water partition coefficient (Wildman–Crippen LogP) is 6.25. The Morgan fingerprint density at radius 2 is 1.91 bits per heavy atom. The summed E-state index contributed by atoms with van der Waals surface area (Å²) in [7, 11) is 0. The van der Waals surface area contributed by atoms with Gasteiger partial charge in [-0.2, -0.15) is 13.2 Å². The summed E-state index contributed by atoms with van der Waals surface area (Å²) in [6.07, 6.45) is 5.49. The first kappa shape index (κ1) is 26.5. The molecule has 0 aromatic carbocycles. The van der Waals surface area contributed by atoms with Crippen molar-refractivity contribution in [1.29, 1.82) is 0 Å². The van der Waals surface area contributed by atoms with Gasteiger partial charge in [0.25, 0.3) is 0 Å². The molecule has 3 saturated carbocycles. The highest BCUT2D eigenvalue weighted by Crippen LogP contribution is 2.60. The molecule has 0 aromatic rings. The van der Waals surface area contributed by atoms with Crippen molar-refractivity contribution in [2.75, 3.05) is 0 Å². The molecule has 0 saturated heterocycles. The molecule has 33 heavy (non-hydrogen) atoms. The fourth-order valence-corrected chi connectivity index (χ4v) is 6.79. The number of hydrogen-bond acceptors (Lipinski definition) is 3. The molecule has 0 spiro atoms. The van der Waals surface area contributed by atoms with E-state index in [0.717, 1.165) is 44.6 Å². The van der Waals surface area contributed by atoms with Crippen LogP contribution >= 0.6 is 0 Å². The number of alkyl halides is 3. The van der Waals surface area contributed by atoms with Crippen molar-refractivity contribution in [2.24, 2.45) is 23.2 Å². The molecule has 0 aliphatic heterocycles. The maximum absolute atomic E-state index is 13.0. The van der Waals surface area contributed by atoms with Crippen LogP contribution in [0.5, 0.6) is 0 Å². The lowest BCUT2D eigenvalue weighted by Crippen LogP contribution is -2.42. The number of rotatable bonds is 6. The van der Waals surface area contributed by atoms with E-state index in [4.69, 9.17) is 0 Å². The molecule has 0 amide bonds. The van der Waals surface area contributed by atoms with Crippen molar-refractivity contribution in [2.45, 2.75) is 109 Å². The topological polar surface area (TPSA) is 60.7 Å². The van der Waals surface area contributed by atoms with Crippen LogP contribution in [0.15, 0.2) is 35.5 Å². The molecule has 0 heterocycles. The second-order valence-corrected chi connectivity index (χ2v) is 11.3. The normalized spacial score (nSPS) is 38.4. The summed E-state index contributed by atoms with van der Waals surface area (Å²) >= 11 is 0. The van der Waals surface area contributed by atoms with Crippen LogP contribution < -0.4 is 0 Å². The van der Waals surface area contributed by atoms with Gasteiger partial charge in [-0.3, -0.25) is 0 Å². The molecule has 3 nitrogen and oxygen atoms in total. The Bertz CT molecular complexity index is 782. The Balaban J connectivity index is 1.67. The average molecular weight is 471 g/mol. The van der Waals surface area contributed by atoms with E-state index < -0.39 is 24.0 Å². The van der Waals surface area contributed by atoms with Gasteiger partial charge < -0.3 is 15.3 Å². The molecule has 3 aliphatic carbocycles. The lowest BCUT2D eigenvalue weighted by atomic mass is 9.60. The third-order valence-corrected chi connectivity index (χ3v) is 8.92. The number of hydrogen-bond donors (Lipinski definition) is 3. The van der Waals surface area contributed by atoms with Crippen molar-refractivity contribution in [3.05, 3.63) is 35.5 Å². The maximum atomic E-state index is 13.0. The highest BCUT2D eigenvalue weighted by Gasteiger charge is 2.51. The first-order valence-electron chi connectivity index (χ1n) is 12.5. The third-order valence-electron chi connectivity index (χ3n) is 8.92. The second-order valence-electron chi connectivity index (χ2n) is 11.3. The second kappa shape index (κ2) is 9.87. The quantitative estimate of drug-likeness (QED) is 0.430. The van der Waals surface area contributed by atoms with Crippen molar-refractivity contribution in [3.8, 4) is 0 Å².